The first-order chi connectivity index (χ1) is 6.36. The van der Waals surface area contributed by atoms with Crippen molar-refractivity contribution >= 4 is 0 Å². The highest BCUT2D eigenvalue weighted by atomic mass is 14.5. The number of hydrogen-bond donors (Lipinski definition) is 1. The Morgan fingerprint density at radius 2 is 1.62 bits per heavy atom. The maximum atomic E-state index is 5.67. The van der Waals surface area contributed by atoms with Crippen molar-refractivity contribution in [2.45, 2.75) is 58.3 Å². The molecule has 1 nitrogen and oxygen atoms in total. The third-order valence-corrected chi connectivity index (χ3v) is 3.52. The standard InChI is InChI=1S/C12H25N/c1-2-3-4-5-11-6-8-12(10-13)9-7-11/h11-12H,2-10,13H2,1H3/t11-,12-. The van der Waals surface area contributed by atoms with Crippen LogP contribution in [0.3, 0.4) is 0 Å². The van der Waals surface area contributed by atoms with Gasteiger partial charge < -0.3 is 5.73 Å². The molecule has 0 saturated heterocycles. The molecule has 0 radical (unpaired) electrons. The van der Waals surface area contributed by atoms with Crippen LogP contribution < -0.4 is 5.73 Å². The van der Waals surface area contributed by atoms with E-state index in [0.29, 0.717) is 0 Å². The van der Waals surface area contributed by atoms with E-state index in [-0.39, 0.29) is 0 Å². The van der Waals surface area contributed by atoms with Gasteiger partial charge in [0.1, 0.15) is 0 Å². The minimum atomic E-state index is 0.849. The van der Waals surface area contributed by atoms with Crippen LogP contribution in [0.2, 0.25) is 0 Å². The second kappa shape index (κ2) is 6.42. The molecule has 0 aromatic carbocycles. The van der Waals surface area contributed by atoms with Gasteiger partial charge in [-0.05, 0) is 31.2 Å². The van der Waals surface area contributed by atoms with Gasteiger partial charge in [0, 0.05) is 0 Å². The quantitative estimate of drug-likeness (QED) is 0.650. The minimum absolute atomic E-state index is 0.849. The first-order valence-corrected chi connectivity index (χ1v) is 6.06. The number of hydrogen-bond acceptors (Lipinski definition) is 1. The Hall–Kier alpha value is -0.0400. The summed E-state index contributed by atoms with van der Waals surface area (Å²) >= 11 is 0. The minimum Gasteiger partial charge on any atom is -0.330 e. The number of unbranched alkanes of at least 4 members (excludes halogenated alkanes) is 2. The summed E-state index contributed by atoms with van der Waals surface area (Å²) in [5.41, 5.74) is 5.67. The monoisotopic (exact) mass is 183 g/mol. The van der Waals surface area contributed by atoms with Gasteiger partial charge in [0.05, 0.1) is 0 Å². The molecule has 0 amide bonds. The Kier molecular flexibility index (Phi) is 5.45. The van der Waals surface area contributed by atoms with Crippen LogP contribution in [0.5, 0.6) is 0 Å². The zero-order valence-electron chi connectivity index (χ0n) is 9.10. The SMILES string of the molecule is CCCCC[C@H]1CC[C@H](CN)CC1. The molecular weight excluding hydrogens is 158 g/mol. The van der Waals surface area contributed by atoms with Gasteiger partial charge in [0.25, 0.3) is 0 Å². The van der Waals surface area contributed by atoms with Crippen LogP contribution in [0.4, 0.5) is 0 Å². The average molecular weight is 183 g/mol. The Morgan fingerprint density at radius 3 is 2.15 bits per heavy atom. The van der Waals surface area contributed by atoms with Gasteiger partial charge in [-0.3, -0.25) is 0 Å². The topological polar surface area (TPSA) is 26.0 Å². The van der Waals surface area contributed by atoms with Crippen molar-refractivity contribution < 1.29 is 0 Å². The average Bonchev–Trinajstić information content (AvgIpc) is 2.19. The molecule has 0 aromatic heterocycles. The van der Waals surface area contributed by atoms with Gasteiger partial charge >= 0.3 is 0 Å². The molecule has 0 spiro atoms. The molecule has 1 saturated carbocycles. The van der Waals surface area contributed by atoms with Crippen LogP contribution in [-0.4, -0.2) is 6.54 Å². The van der Waals surface area contributed by atoms with Crippen molar-refractivity contribution in [3.63, 3.8) is 0 Å². The lowest BCUT2D eigenvalue weighted by Gasteiger charge is -2.27. The fraction of sp³-hybridized carbons (Fsp3) is 1.00. The lowest BCUT2D eigenvalue weighted by Crippen LogP contribution is -2.21. The normalized spacial score (nSPS) is 29.1. The van der Waals surface area contributed by atoms with E-state index < -0.39 is 0 Å². The zero-order chi connectivity index (χ0) is 9.52. The highest BCUT2D eigenvalue weighted by molar-refractivity contribution is 4.72. The Morgan fingerprint density at radius 1 is 1.00 bits per heavy atom. The van der Waals surface area contributed by atoms with Crippen LogP contribution >= 0.6 is 0 Å². The van der Waals surface area contributed by atoms with Gasteiger partial charge in [-0.1, -0.05) is 45.4 Å². The lowest BCUT2D eigenvalue weighted by molar-refractivity contribution is 0.263. The van der Waals surface area contributed by atoms with Crippen molar-refractivity contribution in [1.29, 1.82) is 0 Å². The van der Waals surface area contributed by atoms with Crippen molar-refractivity contribution in [2.75, 3.05) is 6.54 Å². The third kappa shape index (κ3) is 4.12. The molecule has 0 aliphatic heterocycles. The summed E-state index contributed by atoms with van der Waals surface area (Å²) in [7, 11) is 0. The summed E-state index contributed by atoms with van der Waals surface area (Å²) in [6.07, 6.45) is 11.4. The third-order valence-electron chi connectivity index (χ3n) is 3.52. The first kappa shape index (κ1) is 11.0. The summed E-state index contributed by atoms with van der Waals surface area (Å²) in [5.74, 6) is 1.89. The second-order valence-electron chi connectivity index (χ2n) is 4.62. The molecule has 1 fully saturated rings. The van der Waals surface area contributed by atoms with E-state index in [0.717, 1.165) is 18.4 Å². The molecule has 1 aliphatic carbocycles. The molecule has 78 valence electrons. The molecular formula is C12H25N. The van der Waals surface area contributed by atoms with E-state index in [9.17, 15) is 0 Å². The van der Waals surface area contributed by atoms with Crippen molar-refractivity contribution in [3.8, 4) is 0 Å². The van der Waals surface area contributed by atoms with Gasteiger partial charge in [-0.2, -0.15) is 0 Å². The molecule has 0 heterocycles. The smallest absolute Gasteiger partial charge is 0.00489 e. The number of rotatable bonds is 5. The van der Waals surface area contributed by atoms with E-state index in [4.69, 9.17) is 5.73 Å². The molecule has 0 aromatic rings. The maximum Gasteiger partial charge on any atom is -0.00489 e. The summed E-state index contributed by atoms with van der Waals surface area (Å²) in [5, 5.41) is 0. The Balaban J connectivity index is 2.03. The Bertz CT molecular complexity index is 112. The summed E-state index contributed by atoms with van der Waals surface area (Å²) in [6.45, 7) is 3.20. The van der Waals surface area contributed by atoms with Crippen LogP contribution in [0.25, 0.3) is 0 Å². The lowest BCUT2D eigenvalue weighted by atomic mass is 9.80. The molecule has 2 N–H and O–H groups in total. The first-order valence-electron chi connectivity index (χ1n) is 6.06. The highest BCUT2D eigenvalue weighted by Crippen LogP contribution is 2.31. The largest absolute Gasteiger partial charge is 0.330 e. The van der Waals surface area contributed by atoms with Gasteiger partial charge in [-0.25, -0.2) is 0 Å². The summed E-state index contributed by atoms with van der Waals surface area (Å²) in [6, 6.07) is 0. The fourth-order valence-corrected chi connectivity index (χ4v) is 2.44. The molecule has 0 bridgehead atoms. The van der Waals surface area contributed by atoms with Gasteiger partial charge in [-0.15, -0.1) is 0 Å². The van der Waals surface area contributed by atoms with E-state index in [1.807, 2.05) is 0 Å². The van der Waals surface area contributed by atoms with E-state index >= 15 is 0 Å². The van der Waals surface area contributed by atoms with Crippen LogP contribution in [0.1, 0.15) is 58.3 Å². The molecule has 13 heavy (non-hydrogen) atoms. The van der Waals surface area contributed by atoms with Crippen LogP contribution in [0, 0.1) is 11.8 Å². The van der Waals surface area contributed by atoms with Gasteiger partial charge in [0.2, 0.25) is 0 Å². The second-order valence-corrected chi connectivity index (χ2v) is 4.62. The summed E-state index contributed by atoms with van der Waals surface area (Å²) in [4.78, 5) is 0. The molecule has 1 heteroatoms. The van der Waals surface area contributed by atoms with E-state index in [1.54, 1.807) is 0 Å². The van der Waals surface area contributed by atoms with Crippen molar-refractivity contribution in [3.05, 3.63) is 0 Å². The van der Waals surface area contributed by atoms with Crippen molar-refractivity contribution in [2.24, 2.45) is 17.6 Å². The highest BCUT2D eigenvalue weighted by Gasteiger charge is 2.19. The van der Waals surface area contributed by atoms with E-state index in [2.05, 4.69) is 6.92 Å². The van der Waals surface area contributed by atoms with E-state index in [1.165, 1.54) is 51.4 Å². The maximum absolute atomic E-state index is 5.67. The Labute approximate surface area is 83.1 Å². The predicted molar refractivity (Wildman–Crippen MR) is 58.6 cm³/mol. The summed E-state index contributed by atoms with van der Waals surface area (Å²) < 4.78 is 0. The molecule has 1 rings (SSSR count). The molecule has 0 atom stereocenters. The van der Waals surface area contributed by atoms with Gasteiger partial charge in [0.15, 0.2) is 0 Å². The zero-order valence-corrected chi connectivity index (χ0v) is 9.10. The molecule has 0 unspecified atom stereocenters. The molecule has 1 aliphatic rings. The van der Waals surface area contributed by atoms with Crippen LogP contribution in [0.15, 0.2) is 0 Å². The predicted octanol–water partition coefficient (Wildman–Crippen LogP) is 3.33. The fourth-order valence-electron chi connectivity index (χ4n) is 2.44. The van der Waals surface area contributed by atoms with Crippen LogP contribution in [-0.2, 0) is 0 Å². The van der Waals surface area contributed by atoms with Crippen molar-refractivity contribution in [1.82, 2.24) is 0 Å². The number of nitrogens with two attached hydrogens (primary N) is 1.